The van der Waals surface area contributed by atoms with Gasteiger partial charge in [-0.05, 0) is 6.92 Å². The first-order valence-electron chi connectivity index (χ1n) is 5.58. The van der Waals surface area contributed by atoms with Gasteiger partial charge in [-0.2, -0.15) is 4.98 Å². The van der Waals surface area contributed by atoms with E-state index >= 15 is 0 Å². The fourth-order valence-corrected chi connectivity index (χ4v) is 1.66. The number of ether oxygens (including phenoxy) is 1. The monoisotopic (exact) mass is 226 g/mol. The Morgan fingerprint density at radius 2 is 2.25 bits per heavy atom. The predicted molar refractivity (Wildman–Crippen MR) is 57.9 cm³/mol. The number of aromatic nitrogens is 2. The molecule has 0 saturated carbocycles. The van der Waals surface area contributed by atoms with Crippen molar-refractivity contribution in [2.45, 2.75) is 19.6 Å². The Balaban J connectivity index is 1.91. The van der Waals surface area contributed by atoms with Crippen LogP contribution in [0.15, 0.2) is 4.52 Å². The number of methoxy groups -OCH3 is 1. The zero-order chi connectivity index (χ0) is 11.4. The summed E-state index contributed by atoms with van der Waals surface area (Å²) in [6.07, 6.45) is -0.111. The fourth-order valence-electron chi connectivity index (χ4n) is 1.66. The Hall–Kier alpha value is -0.980. The lowest BCUT2D eigenvalue weighted by Crippen LogP contribution is -2.42. The summed E-state index contributed by atoms with van der Waals surface area (Å²) in [4.78, 5) is 6.61. The average molecular weight is 226 g/mol. The lowest BCUT2D eigenvalue weighted by molar-refractivity contribution is 0.109. The molecule has 0 radical (unpaired) electrons. The third-order valence-corrected chi connectivity index (χ3v) is 2.77. The molecule has 1 atom stereocenters. The van der Waals surface area contributed by atoms with Gasteiger partial charge >= 0.3 is 0 Å². The van der Waals surface area contributed by atoms with Gasteiger partial charge in [0, 0.05) is 33.3 Å². The summed E-state index contributed by atoms with van der Waals surface area (Å²) in [6.45, 7) is 6.73. The molecule has 1 saturated heterocycles. The number of nitrogens with zero attached hydrogens (tertiary/aromatic N) is 3. The lowest BCUT2D eigenvalue weighted by atomic mass is 10.3. The van der Waals surface area contributed by atoms with E-state index in [-0.39, 0.29) is 6.10 Å². The minimum absolute atomic E-state index is 0.111. The van der Waals surface area contributed by atoms with Crippen LogP contribution in [0.3, 0.4) is 0 Å². The summed E-state index contributed by atoms with van der Waals surface area (Å²) in [5, 5.41) is 7.20. The molecule has 1 fully saturated rings. The molecule has 1 aromatic rings. The molecular formula is C10H18N4O2. The van der Waals surface area contributed by atoms with E-state index in [2.05, 4.69) is 20.4 Å². The number of rotatable bonds is 4. The predicted octanol–water partition coefficient (Wildman–Crippen LogP) is 0.182. The molecule has 2 heterocycles. The molecule has 0 spiro atoms. The highest BCUT2D eigenvalue weighted by Crippen LogP contribution is 2.12. The molecule has 0 amide bonds. The van der Waals surface area contributed by atoms with E-state index in [1.165, 1.54) is 0 Å². The van der Waals surface area contributed by atoms with Crippen LogP contribution < -0.4 is 5.32 Å². The Morgan fingerprint density at radius 1 is 1.50 bits per heavy atom. The smallest absolute Gasteiger partial charge is 0.240 e. The number of piperazine rings is 1. The maximum Gasteiger partial charge on any atom is 0.240 e. The Kier molecular flexibility index (Phi) is 3.87. The van der Waals surface area contributed by atoms with Gasteiger partial charge in [0.15, 0.2) is 5.82 Å². The first kappa shape index (κ1) is 11.5. The van der Waals surface area contributed by atoms with Crippen molar-refractivity contribution >= 4 is 0 Å². The topological polar surface area (TPSA) is 63.4 Å². The summed E-state index contributed by atoms with van der Waals surface area (Å²) < 4.78 is 10.3. The second-order valence-corrected chi connectivity index (χ2v) is 3.95. The molecule has 90 valence electrons. The normalized spacial score (nSPS) is 19.9. The second-order valence-electron chi connectivity index (χ2n) is 3.95. The van der Waals surface area contributed by atoms with E-state index in [1.807, 2.05) is 6.92 Å². The largest absolute Gasteiger partial charge is 0.374 e. The summed E-state index contributed by atoms with van der Waals surface area (Å²) >= 11 is 0. The number of hydrogen-bond donors (Lipinski definition) is 1. The highest BCUT2D eigenvalue weighted by atomic mass is 16.5. The maximum atomic E-state index is 5.19. The van der Waals surface area contributed by atoms with Crippen molar-refractivity contribution in [3.63, 3.8) is 0 Å². The fraction of sp³-hybridized carbons (Fsp3) is 0.800. The van der Waals surface area contributed by atoms with Crippen molar-refractivity contribution in [1.82, 2.24) is 20.4 Å². The van der Waals surface area contributed by atoms with Crippen LogP contribution in [0.2, 0.25) is 0 Å². The first-order valence-corrected chi connectivity index (χ1v) is 5.58. The van der Waals surface area contributed by atoms with Gasteiger partial charge in [-0.3, -0.25) is 4.90 Å². The molecule has 6 heteroatoms. The Labute approximate surface area is 95.0 Å². The summed E-state index contributed by atoms with van der Waals surface area (Å²) in [6, 6.07) is 0. The van der Waals surface area contributed by atoms with E-state index in [1.54, 1.807) is 7.11 Å². The van der Waals surface area contributed by atoms with Gasteiger partial charge in [0.05, 0.1) is 6.54 Å². The van der Waals surface area contributed by atoms with Gasteiger partial charge in [0.1, 0.15) is 6.10 Å². The molecule has 1 aromatic heterocycles. The highest BCUT2D eigenvalue weighted by Gasteiger charge is 2.16. The summed E-state index contributed by atoms with van der Waals surface area (Å²) in [7, 11) is 1.64. The quantitative estimate of drug-likeness (QED) is 0.790. The van der Waals surface area contributed by atoms with Crippen LogP contribution in [-0.2, 0) is 11.3 Å². The van der Waals surface area contributed by atoms with Crippen LogP contribution in [0.1, 0.15) is 24.7 Å². The van der Waals surface area contributed by atoms with Crippen molar-refractivity contribution in [2.75, 3.05) is 33.3 Å². The number of hydrogen-bond acceptors (Lipinski definition) is 6. The SMILES string of the molecule is COC(C)c1noc(CN2CCNCC2)n1. The van der Waals surface area contributed by atoms with Crippen LogP contribution in [0, 0.1) is 0 Å². The molecule has 2 rings (SSSR count). The van der Waals surface area contributed by atoms with Crippen molar-refractivity contribution in [3.05, 3.63) is 11.7 Å². The van der Waals surface area contributed by atoms with Gasteiger partial charge in [0.2, 0.25) is 5.89 Å². The van der Waals surface area contributed by atoms with Gasteiger partial charge in [-0.15, -0.1) is 0 Å². The van der Waals surface area contributed by atoms with Crippen LogP contribution in [0.4, 0.5) is 0 Å². The van der Waals surface area contributed by atoms with Crippen LogP contribution in [-0.4, -0.2) is 48.3 Å². The van der Waals surface area contributed by atoms with Crippen LogP contribution >= 0.6 is 0 Å². The Bertz CT molecular complexity index is 322. The lowest BCUT2D eigenvalue weighted by Gasteiger charge is -2.25. The molecule has 1 aliphatic rings. The van der Waals surface area contributed by atoms with Gasteiger partial charge in [-0.1, -0.05) is 5.16 Å². The molecule has 0 aromatic carbocycles. The maximum absolute atomic E-state index is 5.19. The van der Waals surface area contributed by atoms with Crippen LogP contribution in [0.5, 0.6) is 0 Å². The average Bonchev–Trinajstić information content (AvgIpc) is 2.78. The first-order chi connectivity index (χ1) is 7.79. The third kappa shape index (κ3) is 2.78. The van der Waals surface area contributed by atoms with Crippen LogP contribution in [0.25, 0.3) is 0 Å². The Morgan fingerprint density at radius 3 is 2.94 bits per heavy atom. The van der Waals surface area contributed by atoms with Gasteiger partial charge in [-0.25, -0.2) is 0 Å². The van der Waals surface area contributed by atoms with E-state index in [4.69, 9.17) is 9.26 Å². The van der Waals surface area contributed by atoms with Crippen molar-refractivity contribution in [2.24, 2.45) is 0 Å². The number of nitrogens with one attached hydrogen (secondary N) is 1. The van der Waals surface area contributed by atoms with Gasteiger partial charge < -0.3 is 14.6 Å². The molecule has 0 bridgehead atoms. The van der Waals surface area contributed by atoms with E-state index in [9.17, 15) is 0 Å². The van der Waals surface area contributed by atoms with Crippen molar-refractivity contribution in [3.8, 4) is 0 Å². The van der Waals surface area contributed by atoms with E-state index < -0.39 is 0 Å². The zero-order valence-electron chi connectivity index (χ0n) is 9.77. The zero-order valence-corrected chi connectivity index (χ0v) is 9.77. The minimum Gasteiger partial charge on any atom is -0.374 e. The molecule has 0 aliphatic carbocycles. The molecule has 1 aliphatic heterocycles. The van der Waals surface area contributed by atoms with Crippen molar-refractivity contribution in [1.29, 1.82) is 0 Å². The third-order valence-electron chi connectivity index (χ3n) is 2.77. The van der Waals surface area contributed by atoms with Gasteiger partial charge in [0.25, 0.3) is 0 Å². The molecule has 1 N–H and O–H groups in total. The summed E-state index contributed by atoms with van der Waals surface area (Å²) in [5.41, 5.74) is 0. The summed E-state index contributed by atoms with van der Waals surface area (Å²) in [5.74, 6) is 1.29. The second kappa shape index (κ2) is 5.38. The molecular weight excluding hydrogens is 208 g/mol. The standard InChI is InChI=1S/C10H18N4O2/c1-8(15-2)10-12-9(16-13-10)7-14-5-3-11-4-6-14/h8,11H,3-7H2,1-2H3. The van der Waals surface area contributed by atoms with E-state index in [0.29, 0.717) is 11.7 Å². The minimum atomic E-state index is -0.111. The highest BCUT2D eigenvalue weighted by molar-refractivity contribution is 4.90. The van der Waals surface area contributed by atoms with Crippen molar-refractivity contribution < 1.29 is 9.26 Å². The molecule has 1 unspecified atom stereocenters. The molecule has 6 nitrogen and oxygen atoms in total. The van der Waals surface area contributed by atoms with E-state index in [0.717, 1.165) is 32.7 Å². The molecule has 16 heavy (non-hydrogen) atoms.